The van der Waals surface area contributed by atoms with E-state index in [0.717, 1.165) is 12.8 Å². The van der Waals surface area contributed by atoms with Crippen LogP contribution in [0.1, 0.15) is 12.8 Å². The second-order valence-electron chi connectivity index (χ2n) is 3.48. The Labute approximate surface area is 91.1 Å². The maximum Gasteiger partial charge on any atom is 0.192 e. The second kappa shape index (κ2) is 4.31. The first-order valence-electron chi connectivity index (χ1n) is 5.01. The van der Waals surface area contributed by atoms with E-state index < -0.39 is 0 Å². The van der Waals surface area contributed by atoms with Gasteiger partial charge in [0.15, 0.2) is 16.7 Å². The molecule has 0 aromatic carbocycles. The van der Waals surface area contributed by atoms with Crippen LogP contribution in [0.2, 0.25) is 0 Å². The van der Waals surface area contributed by atoms with Crippen LogP contribution < -0.4 is 5.49 Å². The average Bonchev–Trinajstić information content (AvgIpc) is 2.68. The van der Waals surface area contributed by atoms with Crippen LogP contribution >= 0.6 is 0 Å². The van der Waals surface area contributed by atoms with Gasteiger partial charge in [0.25, 0.3) is 0 Å². The van der Waals surface area contributed by atoms with Crippen LogP contribution in [0.3, 0.4) is 0 Å². The molecule has 0 saturated carbocycles. The highest BCUT2D eigenvalue weighted by Gasteiger charge is 2.06. The Morgan fingerprint density at radius 1 is 1.25 bits per heavy atom. The van der Waals surface area contributed by atoms with Gasteiger partial charge in [-0.2, -0.15) is 4.73 Å². The van der Waals surface area contributed by atoms with E-state index in [1.165, 1.54) is 6.33 Å². The third-order valence-corrected chi connectivity index (χ3v) is 2.36. The molecule has 7 nitrogen and oxygen atoms in total. The highest BCUT2D eigenvalue weighted by Crippen LogP contribution is 2.05. The summed E-state index contributed by atoms with van der Waals surface area (Å²) in [5.41, 5.74) is 0.869. The molecule has 2 aromatic heterocycles. The number of hydrogen-bond donors (Lipinski definition) is 3. The Kier molecular flexibility index (Phi) is 2.86. The third kappa shape index (κ3) is 1.76. The molecule has 3 N–H and O–H groups in total. The van der Waals surface area contributed by atoms with E-state index >= 15 is 0 Å². The highest BCUT2D eigenvalue weighted by molar-refractivity contribution is 5.68. The largest absolute Gasteiger partial charge is 0.425 e. The van der Waals surface area contributed by atoms with E-state index in [0.29, 0.717) is 22.4 Å². The molecule has 0 amide bonds. The smallest absolute Gasteiger partial charge is 0.192 e. The van der Waals surface area contributed by atoms with Crippen molar-refractivity contribution in [2.75, 3.05) is 6.61 Å². The lowest BCUT2D eigenvalue weighted by molar-refractivity contribution is 0.168. The Morgan fingerprint density at radius 3 is 2.81 bits per heavy atom. The summed E-state index contributed by atoms with van der Waals surface area (Å²) in [5.74, 6) is 0. The van der Waals surface area contributed by atoms with E-state index in [-0.39, 0.29) is 12.1 Å². The van der Waals surface area contributed by atoms with Crippen molar-refractivity contribution < 1.29 is 10.3 Å². The zero-order chi connectivity index (χ0) is 11.5. The lowest BCUT2D eigenvalue weighted by atomic mass is 10.3. The summed E-state index contributed by atoms with van der Waals surface area (Å²) in [6.45, 7) is 0.860. The van der Waals surface area contributed by atoms with E-state index in [9.17, 15) is 5.21 Å². The van der Waals surface area contributed by atoms with Crippen molar-refractivity contribution in [1.29, 1.82) is 5.41 Å². The zero-order valence-electron chi connectivity index (χ0n) is 8.67. The Balaban J connectivity index is 2.35. The van der Waals surface area contributed by atoms with Crippen LogP contribution in [0.5, 0.6) is 0 Å². The summed E-state index contributed by atoms with van der Waals surface area (Å²) >= 11 is 0. The Hall–Kier alpha value is -1.89. The molecule has 0 fully saturated rings. The summed E-state index contributed by atoms with van der Waals surface area (Å²) in [4.78, 5) is 8.04. The van der Waals surface area contributed by atoms with Crippen molar-refractivity contribution in [3.05, 3.63) is 18.1 Å². The summed E-state index contributed by atoms with van der Waals surface area (Å²) in [5, 5.41) is 25.5. The molecular weight excluding hydrogens is 210 g/mol. The van der Waals surface area contributed by atoms with Crippen molar-refractivity contribution in [2.45, 2.75) is 19.4 Å². The fraction of sp³-hybridized carbons (Fsp3) is 0.444. The van der Waals surface area contributed by atoms with Crippen LogP contribution in [0.4, 0.5) is 0 Å². The number of nitrogens with one attached hydrogen (secondary N) is 1. The molecule has 2 rings (SSSR count). The number of aryl methyl sites for hydroxylation is 1. The highest BCUT2D eigenvalue weighted by atomic mass is 16.5. The van der Waals surface area contributed by atoms with Gasteiger partial charge in [0.05, 0.1) is 6.33 Å². The molecule has 0 aliphatic rings. The monoisotopic (exact) mass is 223 g/mol. The van der Waals surface area contributed by atoms with Gasteiger partial charge in [-0.1, -0.05) is 0 Å². The van der Waals surface area contributed by atoms with Gasteiger partial charge < -0.3 is 14.9 Å². The standard InChI is InChI=1S/C9H13N5O2/c10-8-7-9(12-6-14(8)16)13(5-11-7)3-1-2-4-15/h5-6,10,15-16H,1-4H2. The molecule has 0 radical (unpaired) electrons. The van der Waals surface area contributed by atoms with Crippen LogP contribution in [-0.2, 0) is 6.54 Å². The molecule has 0 bridgehead atoms. The molecular formula is C9H13N5O2. The molecule has 0 saturated heterocycles. The van der Waals surface area contributed by atoms with Gasteiger partial charge in [-0.05, 0) is 12.8 Å². The molecule has 0 spiro atoms. The van der Waals surface area contributed by atoms with Crippen LogP contribution in [-0.4, -0.2) is 36.2 Å². The van der Waals surface area contributed by atoms with Crippen molar-refractivity contribution in [2.24, 2.45) is 0 Å². The first-order chi connectivity index (χ1) is 7.74. The summed E-state index contributed by atoms with van der Waals surface area (Å²) < 4.78 is 2.44. The topological polar surface area (TPSA) is 100.0 Å². The van der Waals surface area contributed by atoms with Gasteiger partial charge >= 0.3 is 0 Å². The minimum Gasteiger partial charge on any atom is -0.425 e. The van der Waals surface area contributed by atoms with E-state index in [4.69, 9.17) is 10.5 Å². The predicted octanol–water partition coefficient (Wildman–Crippen LogP) is -0.278. The summed E-state index contributed by atoms with van der Waals surface area (Å²) in [7, 11) is 0. The van der Waals surface area contributed by atoms with Crippen molar-refractivity contribution >= 4 is 11.2 Å². The minimum atomic E-state index is -0.0779. The lowest BCUT2D eigenvalue weighted by Gasteiger charge is -2.02. The number of aliphatic hydroxyl groups is 1. The van der Waals surface area contributed by atoms with E-state index in [2.05, 4.69) is 9.97 Å². The molecule has 2 heterocycles. The molecule has 0 unspecified atom stereocenters. The van der Waals surface area contributed by atoms with Gasteiger partial charge in [0.1, 0.15) is 6.33 Å². The minimum absolute atomic E-state index is 0.0779. The number of hydrogen-bond acceptors (Lipinski definition) is 5. The molecule has 0 atom stereocenters. The average molecular weight is 223 g/mol. The van der Waals surface area contributed by atoms with Gasteiger partial charge in [0.2, 0.25) is 0 Å². The predicted molar refractivity (Wildman–Crippen MR) is 54.9 cm³/mol. The number of rotatable bonds is 4. The number of aromatic nitrogens is 4. The fourth-order valence-corrected chi connectivity index (χ4v) is 1.51. The number of unbranched alkanes of at least 4 members (excludes halogenated alkanes) is 1. The lowest BCUT2D eigenvalue weighted by Crippen LogP contribution is -2.18. The van der Waals surface area contributed by atoms with Crippen LogP contribution in [0.15, 0.2) is 12.7 Å². The Morgan fingerprint density at radius 2 is 2.06 bits per heavy atom. The second-order valence-corrected chi connectivity index (χ2v) is 3.48. The maximum atomic E-state index is 9.23. The summed E-state index contributed by atoms with van der Waals surface area (Å²) in [6.07, 6.45) is 4.31. The molecule has 0 aliphatic carbocycles. The molecule has 2 aromatic rings. The number of fused-ring (bicyclic) bond motifs is 1. The first kappa shape index (κ1) is 10.6. The molecule has 86 valence electrons. The van der Waals surface area contributed by atoms with Gasteiger partial charge in [0, 0.05) is 13.2 Å². The van der Waals surface area contributed by atoms with Crippen molar-refractivity contribution in [3.63, 3.8) is 0 Å². The summed E-state index contributed by atoms with van der Waals surface area (Å²) in [6, 6.07) is 0. The van der Waals surface area contributed by atoms with Crippen molar-refractivity contribution in [1.82, 2.24) is 19.3 Å². The number of nitrogens with zero attached hydrogens (tertiary/aromatic N) is 4. The fourth-order valence-electron chi connectivity index (χ4n) is 1.51. The number of imidazole rings is 1. The first-order valence-corrected chi connectivity index (χ1v) is 5.01. The molecule has 7 heteroatoms. The van der Waals surface area contributed by atoms with Crippen molar-refractivity contribution in [3.8, 4) is 0 Å². The molecule has 16 heavy (non-hydrogen) atoms. The zero-order valence-corrected chi connectivity index (χ0v) is 8.67. The third-order valence-electron chi connectivity index (χ3n) is 2.36. The van der Waals surface area contributed by atoms with E-state index in [1.54, 1.807) is 6.33 Å². The molecule has 0 aliphatic heterocycles. The SMILES string of the molecule is N=c1c2ncn(CCCCO)c2ncn1O. The van der Waals surface area contributed by atoms with Crippen LogP contribution in [0, 0.1) is 5.41 Å². The Bertz CT molecular complexity index is 544. The quantitative estimate of drug-likeness (QED) is 0.490. The van der Waals surface area contributed by atoms with Gasteiger partial charge in [-0.15, -0.1) is 0 Å². The van der Waals surface area contributed by atoms with Gasteiger partial charge in [-0.25, -0.2) is 9.97 Å². The van der Waals surface area contributed by atoms with Gasteiger partial charge in [-0.3, -0.25) is 5.41 Å². The normalized spacial score (nSPS) is 11.1. The van der Waals surface area contributed by atoms with Crippen LogP contribution in [0.25, 0.3) is 11.2 Å². The van der Waals surface area contributed by atoms with E-state index in [1.807, 2.05) is 4.57 Å². The maximum absolute atomic E-state index is 9.23. The number of aliphatic hydroxyl groups excluding tert-OH is 1.